The average Bonchev–Trinajstić information content (AvgIpc) is 2.65. The Morgan fingerprint density at radius 2 is 2.06 bits per heavy atom. The minimum Gasteiger partial charge on any atom is -0.382 e. The number of anilines is 1. The minimum atomic E-state index is 0.394. The van der Waals surface area contributed by atoms with Gasteiger partial charge in [-0.1, -0.05) is 6.42 Å². The number of nitrogens with zero attached hydrogens (tertiary/aromatic N) is 4. The maximum atomic E-state index is 9.23. The van der Waals surface area contributed by atoms with Gasteiger partial charge in [0.05, 0.1) is 11.4 Å². The van der Waals surface area contributed by atoms with E-state index in [9.17, 15) is 5.26 Å². The molecule has 0 atom stereocenters. The van der Waals surface area contributed by atoms with Gasteiger partial charge in [0, 0.05) is 18.3 Å². The molecule has 0 aliphatic heterocycles. The fraction of sp³-hybridized carbons (Fsp3) is 0.308. The van der Waals surface area contributed by atoms with Gasteiger partial charge in [0.2, 0.25) is 0 Å². The summed E-state index contributed by atoms with van der Waals surface area (Å²) < 4.78 is 1.63. The third kappa shape index (κ3) is 1.54. The van der Waals surface area contributed by atoms with E-state index in [0.29, 0.717) is 17.3 Å². The number of nitrogen functional groups attached to an aromatic ring is 1. The molecule has 0 spiro atoms. The van der Waals surface area contributed by atoms with Crippen LogP contribution < -0.4 is 5.73 Å². The Morgan fingerprint density at radius 3 is 2.61 bits per heavy atom. The molecule has 5 heteroatoms. The van der Waals surface area contributed by atoms with Crippen molar-refractivity contribution >= 4 is 5.82 Å². The highest BCUT2D eigenvalue weighted by molar-refractivity contribution is 5.57. The number of rotatable bonds is 2. The summed E-state index contributed by atoms with van der Waals surface area (Å²) in [6.45, 7) is 0. The molecular formula is C13H13N5. The molecule has 2 N–H and O–H groups in total. The van der Waals surface area contributed by atoms with Crippen LogP contribution in [0.2, 0.25) is 0 Å². The Balaban J connectivity index is 2.11. The van der Waals surface area contributed by atoms with Gasteiger partial charge in [-0.25, -0.2) is 4.68 Å². The van der Waals surface area contributed by atoms with Crippen molar-refractivity contribution in [1.82, 2.24) is 14.8 Å². The molecule has 1 aliphatic carbocycles. The zero-order valence-electron chi connectivity index (χ0n) is 9.87. The van der Waals surface area contributed by atoms with Gasteiger partial charge in [-0.3, -0.25) is 4.98 Å². The Kier molecular flexibility index (Phi) is 2.49. The number of hydrogen-bond acceptors (Lipinski definition) is 4. The van der Waals surface area contributed by atoms with Crippen LogP contribution in [0.3, 0.4) is 0 Å². The predicted molar refractivity (Wildman–Crippen MR) is 67.1 cm³/mol. The molecule has 1 fully saturated rings. The predicted octanol–water partition coefficient (Wildman–Crippen LogP) is 1.99. The zero-order valence-corrected chi connectivity index (χ0v) is 9.87. The third-order valence-electron chi connectivity index (χ3n) is 3.46. The van der Waals surface area contributed by atoms with Crippen molar-refractivity contribution in [2.45, 2.75) is 25.2 Å². The highest BCUT2D eigenvalue weighted by Gasteiger charge is 2.28. The fourth-order valence-corrected chi connectivity index (χ4v) is 2.21. The Labute approximate surface area is 105 Å². The quantitative estimate of drug-likeness (QED) is 0.869. The van der Waals surface area contributed by atoms with Crippen LogP contribution in [-0.4, -0.2) is 14.8 Å². The molecule has 0 aromatic carbocycles. The summed E-state index contributed by atoms with van der Waals surface area (Å²) in [5.74, 6) is 0.815. The van der Waals surface area contributed by atoms with Gasteiger partial charge in [-0.15, -0.1) is 0 Å². The van der Waals surface area contributed by atoms with Crippen LogP contribution in [-0.2, 0) is 0 Å². The second kappa shape index (κ2) is 4.15. The van der Waals surface area contributed by atoms with Crippen molar-refractivity contribution in [3.63, 3.8) is 0 Å². The minimum absolute atomic E-state index is 0.394. The van der Waals surface area contributed by atoms with Crippen LogP contribution in [0.25, 0.3) is 5.69 Å². The molecule has 90 valence electrons. The van der Waals surface area contributed by atoms with Crippen LogP contribution in [0, 0.1) is 11.3 Å². The molecular weight excluding hydrogens is 226 g/mol. The number of nitrogens with two attached hydrogens (primary N) is 1. The van der Waals surface area contributed by atoms with E-state index >= 15 is 0 Å². The molecule has 0 saturated heterocycles. The lowest BCUT2D eigenvalue weighted by atomic mass is 9.82. The van der Waals surface area contributed by atoms with Gasteiger partial charge in [0.1, 0.15) is 17.5 Å². The normalized spacial score (nSPS) is 15.1. The van der Waals surface area contributed by atoms with E-state index in [1.807, 2.05) is 12.1 Å². The lowest BCUT2D eigenvalue weighted by Gasteiger charge is -2.23. The van der Waals surface area contributed by atoms with Gasteiger partial charge in [-0.05, 0) is 25.0 Å². The Hall–Kier alpha value is -2.35. The van der Waals surface area contributed by atoms with Crippen LogP contribution >= 0.6 is 0 Å². The number of aromatic nitrogens is 3. The molecule has 0 radical (unpaired) electrons. The topological polar surface area (TPSA) is 80.5 Å². The molecule has 1 saturated carbocycles. The Morgan fingerprint density at radius 1 is 1.33 bits per heavy atom. The zero-order chi connectivity index (χ0) is 12.5. The molecule has 5 nitrogen and oxygen atoms in total. The second-order valence-electron chi connectivity index (χ2n) is 4.50. The summed E-state index contributed by atoms with van der Waals surface area (Å²) in [4.78, 5) is 3.97. The molecule has 1 aliphatic rings. The number of pyridine rings is 1. The third-order valence-corrected chi connectivity index (χ3v) is 3.46. The van der Waals surface area contributed by atoms with Crippen molar-refractivity contribution in [2.75, 3.05) is 5.73 Å². The first-order chi connectivity index (χ1) is 8.81. The van der Waals surface area contributed by atoms with Gasteiger partial charge >= 0.3 is 0 Å². The Bertz CT molecular complexity index is 604. The highest BCUT2D eigenvalue weighted by atomic mass is 15.3. The molecule has 2 heterocycles. The molecule has 3 rings (SSSR count). The summed E-state index contributed by atoms with van der Waals surface area (Å²) in [7, 11) is 0. The van der Waals surface area contributed by atoms with Crippen molar-refractivity contribution in [3.05, 3.63) is 35.8 Å². The monoisotopic (exact) mass is 239 g/mol. The van der Waals surface area contributed by atoms with E-state index in [1.165, 1.54) is 6.42 Å². The second-order valence-corrected chi connectivity index (χ2v) is 4.50. The SMILES string of the molecule is N#Cc1c(C2CCC2)nn(-c2ccncc2)c1N. The van der Waals surface area contributed by atoms with Crippen molar-refractivity contribution in [3.8, 4) is 11.8 Å². The van der Waals surface area contributed by atoms with Gasteiger partial charge in [0.15, 0.2) is 0 Å². The van der Waals surface area contributed by atoms with Crippen molar-refractivity contribution in [1.29, 1.82) is 5.26 Å². The number of hydrogen-bond donors (Lipinski definition) is 1. The van der Waals surface area contributed by atoms with Crippen molar-refractivity contribution < 1.29 is 0 Å². The van der Waals surface area contributed by atoms with Gasteiger partial charge in [0.25, 0.3) is 0 Å². The summed E-state index contributed by atoms with van der Waals surface area (Å²) >= 11 is 0. The van der Waals surface area contributed by atoms with Gasteiger partial charge in [-0.2, -0.15) is 10.4 Å². The highest BCUT2D eigenvalue weighted by Crippen LogP contribution is 2.38. The molecule has 2 aromatic heterocycles. The lowest BCUT2D eigenvalue weighted by molar-refractivity contribution is 0.408. The maximum Gasteiger partial charge on any atom is 0.145 e. The molecule has 0 unspecified atom stereocenters. The summed E-state index contributed by atoms with van der Waals surface area (Å²) in [6.07, 6.45) is 6.78. The summed E-state index contributed by atoms with van der Waals surface area (Å²) in [6, 6.07) is 5.84. The molecule has 18 heavy (non-hydrogen) atoms. The fourth-order valence-electron chi connectivity index (χ4n) is 2.21. The van der Waals surface area contributed by atoms with Crippen LogP contribution in [0.15, 0.2) is 24.5 Å². The molecule has 0 bridgehead atoms. The van der Waals surface area contributed by atoms with E-state index in [4.69, 9.17) is 5.73 Å². The van der Waals surface area contributed by atoms with Crippen LogP contribution in [0.4, 0.5) is 5.82 Å². The summed E-state index contributed by atoms with van der Waals surface area (Å²) in [5, 5.41) is 13.7. The largest absolute Gasteiger partial charge is 0.382 e. The average molecular weight is 239 g/mol. The smallest absolute Gasteiger partial charge is 0.145 e. The van der Waals surface area contributed by atoms with E-state index in [2.05, 4.69) is 16.2 Å². The first kappa shape index (κ1) is 10.8. The van der Waals surface area contributed by atoms with Crippen LogP contribution in [0.5, 0.6) is 0 Å². The molecule has 0 amide bonds. The first-order valence-corrected chi connectivity index (χ1v) is 6.00. The van der Waals surface area contributed by atoms with E-state index in [0.717, 1.165) is 24.2 Å². The van der Waals surface area contributed by atoms with E-state index in [1.54, 1.807) is 17.1 Å². The lowest BCUT2D eigenvalue weighted by Crippen LogP contribution is -2.11. The van der Waals surface area contributed by atoms with Gasteiger partial charge < -0.3 is 5.73 Å². The maximum absolute atomic E-state index is 9.23. The first-order valence-electron chi connectivity index (χ1n) is 6.00. The number of nitriles is 1. The van der Waals surface area contributed by atoms with E-state index in [-0.39, 0.29) is 0 Å². The van der Waals surface area contributed by atoms with Crippen molar-refractivity contribution in [2.24, 2.45) is 0 Å². The van der Waals surface area contributed by atoms with Crippen LogP contribution in [0.1, 0.15) is 36.4 Å². The molecule has 2 aromatic rings. The standard InChI is InChI=1S/C13H13N5/c14-8-11-12(9-2-1-3-9)17-18(13(11)15)10-4-6-16-7-5-10/h4-7,9H,1-3,15H2. The van der Waals surface area contributed by atoms with E-state index < -0.39 is 0 Å². The summed E-state index contributed by atoms with van der Waals surface area (Å²) in [5.41, 5.74) is 8.23.